The number of aromatic nitrogens is 3. The zero-order chi connectivity index (χ0) is 29.4. The van der Waals surface area contributed by atoms with Crippen LogP contribution in [0.5, 0.6) is 5.75 Å². The van der Waals surface area contributed by atoms with Gasteiger partial charge in [-0.1, -0.05) is 104 Å². The molecule has 0 saturated heterocycles. The monoisotopic (exact) mass is 751 g/mol. The van der Waals surface area contributed by atoms with E-state index in [0.29, 0.717) is 11.4 Å². The van der Waals surface area contributed by atoms with E-state index in [1.807, 2.05) is 66.7 Å². The number of nitrogens with zero attached hydrogens (tertiary/aromatic N) is 3. The van der Waals surface area contributed by atoms with Crippen LogP contribution in [-0.2, 0) is 26.5 Å². The maximum atomic E-state index is 11.5. The van der Waals surface area contributed by atoms with Gasteiger partial charge in [-0.05, 0) is 47.5 Å². The van der Waals surface area contributed by atoms with Gasteiger partial charge in [0.1, 0.15) is 11.6 Å². The van der Waals surface area contributed by atoms with Crippen LogP contribution in [-0.4, -0.2) is 19.6 Å². The van der Waals surface area contributed by atoms with E-state index in [2.05, 4.69) is 96.2 Å². The maximum Gasteiger partial charge on any atom is 0.148 e. The summed E-state index contributed by atoms with van der Waals surface area (Å²) in [6, 6.07) is 48.3. The van der Waals surface area contributed by atoms with Crippen LogP contribution in [0, 0.1) is 6.07 Å². The van der Waals surface area contributed by atoms with Crippen molar-refractivity contribution < 1.29 is 26.2 Å². The predicted octanol–water partition coefficient (Wildman–Crippen LogP) is 9.25. The van der Waals surface area contributed by atoms with Gasteiger partial charge < -0.3 is 5.11 Å². The van der Waals surface area contributed by atoms with Gasteiger partial charge in [-0.2, -0.15) is 0 Å². The van der Waals surface area contributed by atoms with Gasteiger partial charge >= 0.3 is 0 Å². The van der Waals surface area contributed by atoms with Gasteiger partial charge in [0.15, 0.2) is 0 Å². The number of phenolic OH excluding ortho intramolecular Hbond substituents is 1. The molecule has 2 heterocycles. The van der Waals surface area contributed by atoms with E-state index in [1.165, 1.54) is 5.56 Å². The van der Waals surface area contributed by atoms with Crippen LogP contribution in [0.2, 0.25) is 0 Å². The Bertz CT molecular complexity index is 2050. The molecule has 7 rings (SSSR count). The van der Waals surface area contributed by atoms with Crippen molar-refractivity contribution in [1.29, 1.82) is 0 Å². The minimum atomic E-state index is -0.279. The molecule has 44 heavy (non-hydrogen) atoms. The van der Waals surface area contributed by atoms with E-state index in [4.69, 9.17) is 4.98 Å². The molecule has 7 aromatic rings. The molecule has 218 valence electrons. The van der Waals surface area contributed by atoms with Crippen molar-refractivity contribution in [1.82, 2.24) is 14.5 Å². The van der Waals surface area contributed by atoms with Gasteiger partial charge in [-0.15, -0.1) is 29.8 Å². The number of para-hydroxylation sites is 2. The number of benzene rings is 5. The number of imidazole rings is 1. The minimum Gasteiger partial charge on any atom is -0.507 e. The molecule has 5 aromatic carbocycles. The first kappa shape index (κ1) is 29.3. The average molecular weight is 752 g/mol. The van der Waals surface area contributed by atoms with Crippen molar-refractivity contribution in [2.45, 2.75) is 19.3 Å². The first-order valence-corrected chi connectivity index (χ1v) is 14.4. The Kier molecular flexibility index (Phi) is 8.03. The summed E-state index contributed by atoms with van der Waals surface area (Å²) in [7, 11) is 0. The van der Waals surface area contributed by atoms with Crippen LogP contribution >= 0.6 is 0 Å². The molecule has 0 spiro atoms. The quantitative estimate of drug-likeness (QED) is 0.173. The van der Waals surface area contributed by atoms with E-state index in [9.17, 15) is 5.11 Å². The zero-order valence-electron chi connectivity index (χ0n) is 24.4. The third-order valence-corrected chi connectivity index (χ3v) is 8.18. The van der Waals surface area contributed by atoms with E-state index >= 15 is 0 Å². The van der Waals surface area contributed by atoms with E-state index < -0.39 is 0 Å². The average Bonchev–Trinajstić information content (AvgIpc) is 3.45. The molecular formula is C39H30N3OPt-. The van der Waals surface area contributed by atoms with Gasteiger partial charge in [0, 0.05) is 44.1 Å². The fourth-order valence-electron chi connectivity index (χ4n) is 5.76. The number of fused-ring (bicyclic) bond motifs is 1. The normalized spacial score (nSPS) is 11.3. The molecule has 2 aromatic heterocycles. The molecular weight excluding hydrogens is 722 g/mol. The zero-order valence-corrected chi connectivity index (χ0v) is 26.7. The summed E-state index contributed by atoms with van der Waals surface area (Å²) in [6.45, 7) is 4.36. The topological polar surface area (TPSA) is 50.9 Å². The van der Waals surface area contributed by atoms with Crippen LogP contribution in [0.3, 0.4) is 0 Å². The van der Waals surface area contributed by atoms with Crippen LogP contribution < -0.4 is 0 Å². The molecule has 0 unspecified atom stereocenters. The molecule has 0 aliphatic heterocycles. The fraction of sp³-hybridized carbons (Fsp3) is 0.0769. The minimum absolute atomic E-state index is 0. The molecule has 0 saturated carbocycles. The summed E-state index contributed by atoms with van der Waals surface area (Å²) >= 11 is 0. The molecule has 0 bridgehead atoms. The second kappa shape index (κ2) is 12.1. The van der Waals surface area contributed by atoms with Crippen molar-refractivity contribution >= 4 is 11.0 Å². The molecule has 4 nitrogen and oxygen atoms in total. The Morgan fingerprint density at radius 2 is 1.36 bits per heavy atom. The number of rotatable bonds is 6. The van der Waals surface area contributed by atoms with E-state index in [-0.39, 0.29) is 32.2 Å². The molecule has 0 atom stereocenters. The number of aromatic hydroxyl groups is 1. The molecule has 1 N–H and O–H groups in total. The Labute approximate surface area is 272 Å². The Hall–Kier alpha value is -4.79. The van der Waals surface area contributed by atoms with E-state index in [0.717, 1.165) is 44.7 Å². The summed E-state index contributed by atoms with van der Waals surface area (Å²) < 4.78 is 2.12. The third kappa shape index (κ3) is 5.27. The van der Waals surface area contributed by atoms with Crippen molar-refractivity contribution in [2.75, 3.05) is 0 Å². The fourth-order valence-corrected chi connectivity index (χ4v) is 5.76. The summed E-state index contributed by atoms with van der Waals surface area (Å²) in [5.74, 6) is 0.871. The molecule has 0 fully saturated rings. The van der Waals surface area contributed by atoms with Crippen LogP contribution in [0.25, 0.3) is 50.5 Å². The summed E-state index contributed by atoms with van der Waals surface area (Å²) in [4.78, 5) is 9.73. The first-order chi connectivity index (χ1) is 21.0. The Balaban J connectivity index is 0.00000343. The Morgan fingerprint density at radius 3 is 2.09 bits per heavy atom. The summed E-state index contributed by atoms with van der Waals surface area (Å²) in [5, 5.41) is 11.5. The largest absolute Gasteiger partial charge is 0.507 e. The smallest absolute Gasteiger partial charge is 0.148 e. The second-order valence-corrected chi connectivity index (χ2v) is 11.2. The molecule has 0 radical (unpaired) electrons. The molecule has 0 aliphatic carbocycles. The molecule has 0 aliphatic rings. The molecule has 0 amide bonds. The van der Waals surface area contributed by atoms with Crippen molar-refractivity contribution in [2.24, 2.45) is 0 Å². The van der Waals surface area contributed by atoms with Crippen LogP contribution in [0.15, 0.2) is 140 Å². The van der Waals surface area contributed by atoms with Gasteiger partial charge in [-0.3, -0.25) is 9.55 Å². The summed E-state index contributed by atoms with van der Waals surface area (Å²) in [5.41, 5.74) is 9.06. The van der Waals surface area contributed by atoms with Gasteiger partial charge in [0.25, 0.3) is 0 Å². The predicted molar refractivity (Wildman–Crippen MR) is 174 cm³/mol. The van der Waals surface area contributed by atoms with Crippen LogP contribution in [0.4, 0.5) is 0 Å². The SMILES string of the molecule is CC(C)(c1ccccc1)c1ccc(-c2nc3c(-c4[c-]c(-c5ccccn5)ccc4)cccc3n2-c2ccccc2)c(O)c1.[Pt]. The van der Waals surface area contributed by atoms with E-state index in [1.54, 1.807) is 6.20 Å². The maximum absolute atomic E-state index is 11.5. The van der Waals surface area contributed by atoms with Crippen molar-refractivity contribution in [3.63, 3.8) is 0 Å². The number of hydrogen-bond acceptors (Lipinski definition) is 3. The number of phenols is 1. The molecule has 5 heteroatoms. The Morgan fingerprint density at radius 1 is 0.659 bits per heavy atom. The second-order valence-electron chi connectivity index (χ2n) is 11.2. The van der Waals surface area contributed by atoms with Crippen molar-refractivity contribution in [3.8, 4) is 45.2 Å². The van der Waals surface area contributed by atoms with Crippen molar-refractivity contribution in [3.05, 3.63) is 157 Å². The van der Waals surface area contributed by atoms with Gasteiger partial charge in [-0.25, -0.2) is 4.98 Å². The standard InChI is InChI=1S/C39H30N3O.Pt/c1-39(2,29-15-5-3-6-16-29)30-22-23-33(36(43)26-30)38-41-37-32(19-12-21-35(37)42(38)31-17-7-4-8-18-31)27-13-11-14-28(25-27)34-20-9-10-24-40-34;/h3-24,26,43H,1-2H3;/q-1;. The van der Waals surface area contributed by atoms with Gasteiger partial charge in [0.05, 0.1) is 16.6 Å². The third-order valence-electron chi connectivity index (χ3n) is 8.18. The first-order valence-electron chi connectivity index (χ1n) is 14.4. The number of hydrogen-bond donors (Lipinski definition) is 1. The van der Waals surface area contributed by atoms with Gasteiger partial charge in [0.2, 0.25) is 0 Å². The van der Waals surface area contributed by atoms with Crippen LogP contribution in [0.1, 0.15) is 25.0 Å². The number of pyridine rings is 1. The summed E-state index contributed by atoms with van der Waals surface area (Å²) in [6.07, 6.45) is 1.79.